The molecule has 178 valence electrons. The van der Waals surface area contributed by atoms with Crippen LogP contribution in [0.2, 0.25) is 39.3 Å². The molecule has 0 aliphatic carbocycles. The molecule has 0 spiro atoms. The van der Waals surface area contributed by atoms with Gasteiger partial charge in [0, 0.05) is 23.6 Å². The zero-order chi connectivity index (χ0) is 24.6. The third kappa shape index (κ3) is 5.76. The average molecular weight is 485 g/mol. The lowest BCUT2D eigenvalue weighted by atomic mass is 10.0. The smallest absolute Gasteiger partial charge is 0.306 e. The SMILES string of the molecule is CCOC(=O)CCc1cc([Si](C)(C)C)cc2c1oc1c(CCC(=O)O)cc([Si](C)(C)C)cc12. The summed E-state index contributed by atoms with van der Waals surface area (Å²) in [5, 5.41) is 14.0. The molecule has 3 rings (SSSR count). The Morgan fingerprint density at radius 3 is 1.67 bits per heavy atom. The number of hydrogen-bond donors (Lipinski definition) is 1. The minimum atomic E-state index is -1.64. The fourth-order valence-corrected chi connectivity index (χ4v) is 6.44. The number of esters is 1. The van der Waals surface area contributed by atoms with Gasteiger partial charge in [-0.3, -0.25) is 9.59 Å². The molecule has 1 N–H and O–H groups in total. The van der Waals surface area contributed by atoms with E-state index in [1.807, 2.05) is 6.92 Å². The molecular weight excluding hydrogens is 448 g/mol. The number of rotatable bonds is 9. The molecule has 0 saturated heterocycles. The van der Waals surface area contributed by atoms with Crippen molar-refractivity contribution < 1.29 is 23.8 Å². The van der Waals surface area contributed by atoms with Crippen LogP contribution in [-0.4, -0.2) is 39.8 Å². The van der Waals surface area contributed by atoms with Crippen LogP contribution < -0.4 is 10.4 Å². The maximum Gasteiger partial charge on any atom is 0.306 e. The Morgan fingerprint density at radius 2 is 1.27 bits per heavy atom. The zero-order valence-electron chi connectivity index (χ0n) is 20.9. The summed E-state index contributed by atoms with van der Waals surface area (Å²) in [5.41, 5.74) is 3.56. The molecule has 0 bridgehead atoms. The predicted molar refractivity (Wildman–Crippen MR) is 141 cm³/mol. The van der Waals surface area contributed by atoms with E-state index >= 15 is 0 Å². The van der Waals surface area contributed by atoms with E-state index in [9.17, 15) is 14.7 Å². The van der Waals surface area contributed by atoms with E-state index in [0.717, 1.165) is 33.1 Å². The number of aryl methyl sites for hydroxylation is 2. The van der Waals surface area contributed by atoms with Crippen LogP contribution in [0, 0.1) is 0 Å². The van der Waals surface area contributed by atoms with Crippen molar-refractivity contribution in [2.45, 2.75) is 71.9 Å². The summed E-state index contributed by atoms with van der Waals surface area (Å²) in [6.07, 6.45) is 1.36. The number of benzene rings is 2. The van der Waals surface area contributed by atoms with Crippen molar-refractivity contribution in [3.8, 4) is 0 Å². The zero-order valence-corrected chi connectivity index (χ0v) is 22.9. The predicted octanol–water partition coefficient (Wildman–Crippen LogP) is 5.19. The minimum absolute atomic E-state index is 0.0666. The Bertz CT molecular complexity index is 1200. The number of aliphatic carboxylic acids is 1. The molecule has 2 aromatic carbocycles. The summed E-state index contributed by atoms with van der Waals surface area (Å²) in [4.78, 5) is 23.4. The largest absolute Gasteiger partial charge is 0.481 e. The van der Waals surface area contributed by atoms with Crippen LogP contribution in [0.1, 0.15) is 30.9 Å². The molecule has 0 aliphatic rings. The highest BCUT2D eigenvalue weighted by molar-refractivity contribution is 6.89. The van der Waals surface area contributed by atoms with Gasteiger partial charge in [-0.15, -0.1) is 0 Å². The number of carbonyl (C=O) groups is 2. The van der Waals surface area contributed by atoms with Crippen molar-refractivity contribution in [2.75, 3.05) is 6.61 Å². The Kier molecular flexibility index (Phi) is 7.24. The van der Waals surface area contributed by atoms with Crippen LogP contribution in [0.3, 0.4) is 0 Å². The summed E-state index contributed by atoms with van der Waals surface area (Å²) in [5.74, 6) is -1.02. The van der Waals surface area contributed by atoms with E-state index in [-0.39, 0.29) is 12.4 Å². The summed E-state index contributed by atoms with van der Waals surface area (Å²) in [6, 6.07) is 8.86. The van der Waals surface area contributed by atoms with Crippen LogP contribution in [0.15, 0.2) is 28.7 Å². The van der Waals surface area contributed by atoms with Crippen LogP contribution in [0.5, 0.6) is 0 Å². The average Bonchev–Trinajstić information content (AvgIpc) is 3.08. The molecular formula is C26H36O5Si2. The van der Waals surface area contributed by atoms with Gasteiger partial charge in [0.05, 0.1) is 22.8 Å². The lowest BCUT2D eigenvalue weighted by Gasteiger charge is -2.19. The third-order valence-corrected chi connectivity index (χ3v) is 10.1. The summed E-state index contributed by atoms with van der Waals surface area (Å²) < 4.78 is 11.6. The minimum Gasteiger partial charge on any atom is -0.481 e. The summed E-state index contributed by atoms with van der Waals surface area (Å²) in [7, 11) is -3.28. The maximum absolute atomic E-state index is 12.1. The molecule has 0 saturated carbocycles. The van der Waals surface area contributed by atoms with Crippen molar-refractivity contribution in [1.29, 1.82) is 0 Å². The lowest BCUT2D eigenvalue weighted by molar-refractivity contribution is -0.143. The third-order valence-electron chi connectivity index (χ3n) is 6.07. The molecule has 1 aromatic heterocycles. The van der Waals surface area contributed by atoms with E-state index in [2.05, 4.69) is 63.5 Å². The van der Waals surface area contributed by atoms with Crippen molar-refractivity contribution in [3.05, 3.63) is 35.4 Å². The van der Waals surface area contributed by atoms with Gasteiger partial charge in [0.25, 0.3) is 0 Å². The van der Waals surface area contributed by atoms with Gasteiger partial charge in [-0.25, -0.2) is 0 Å². The van der Waals surface area contributed by atoms with E-state index in [4.69, 9.17) is 9.15 Å². The second-order valence-electron chi connectivity index (χ2n) is 10.8. The van der Waals surface area contributed by atoms with E-state index in [1.54, 1.807) is 0 Å². The highest BCUT2D eigenvalue weighted by Crippen LogP contribution is 2.34. The quantitative estimate of drug-likeness (QED) is 0.334. The van der Waals surface area contributed by atoms with Gasteiger partial charge in [-0.2, -0.15) is 0 Å². The molecule has 0 amide bonds. The topological polar surface area (TPSA) is 76.7 Å². The van der Waals surface area contributed by atoms with Crippen LogP contribution in [-0.2, 0) is 27.2 Å². The molecule has 5 nitrogen and oxygen atoms in total. The molecule has 3 aromatic rings. The van der Waals surface area contributed by atoms with Gasteiger partial charge in [-0.05, 0) is 30.9 Å². The highest BCUT2D eigenvalue weighted by Gasteiger charge is 2.25. The normalized spacial score (nSPS) is 12.5. The van der Waals surface area contributed by atoms with Gasteiger partial charge in [0.15, 0.2) is 0 Å². The molecule has 1 heterocycles. The number of carbonyl (C=O) groups excluding carboxylic acids is 1. The van der Waals surface area contributed by atoms with Crippen molar-refractivity contribution in [3.63, 3.8) is 0 Å². The van der Waals surface area contributed by atoms with E-state index in [1.165, 1.54) is 10.4 Å². The monoisotopic (exact) mass is 484 g/mol. The first kappa shape index (κ1) is 25.2. The number of fused-ring (bicyclic) bond motifs is 3. The summed E-state index contributed by atoms with van der Waals surface area (Å²) >= 11 is 0. The second-order valence-corrected chi connectivity index (χ2v) is 21.0. The molecule has 33 heavy (non-hydrogen) atoms. The van der Waals surface area contributed by atoms with Crippen LogP contribution >= 0.6 is 0 Å². The molecule has 0 unspecified atom stereocenters. The van der Waals surface area contributed by atoms with Gasteiger partial charge < -0.3 is 14.3 Å². The second kappa shape index (κ2) is 9.46. The van der Waals surface area contributed by atoms with Gasteiger partial charge in [-0.1, -0.05) is 73.9 Å². The van der Waals surface area contributed by atoms with Gasteiger partial charge >= 0.3 is 11.9 Å². The number of carboxylic acid groups (broad SMARTS) is 1. The van der Waals surface area contributed by atoms with Gasteiger partial charge in [0.1, 0.15) is 11.2 Å². The van der Waals surface area contributed by atoms with Crippen molar-refractivity contribution in [1.82, 2.24) is 0 Å². The van der Waals surface area contributed by atoms with Crippen LogP contribution in [0.4, 0.5) is 0 Å². The molecule has 0 aliphatic heterocycles. The van der Waals surface area contributed by atoms with Crippen molar-refractivity contribution >= 4 is 60.4 Å². The first-order valence-corrected chi connectivity index (χ1v) is 18.7. The highest BCUT2D eigenvalue weighted by atomic mass is 28.3. The Labute approximate surface area is 198 Å². The maximum atomic E-state index is 12.1. The van der Waals surface area contributed by atoms with Crippen LogP contribution in [0.25, 0.3) is 21.9 Å². The van der Waals surface area contributed by atoms with Gasteiger partial charge in [0.2, 0.25) is 0 Å². The standard InChI is InChI=1S/C26H36O5Si2/c1-8-30-24(29)12-10-18-14-20(33(5,6)7)16-22-21-15-19(32(2,3)4)13-17(9-11-23(27)28)25(21)31-26(18)22/h13-16H,8-12H2,1-7H3,(H,27,28). The fraction of sp³-hybridized carbons (Fsp3) is 0.462. The molecule has 7 heteroatoms. The molecule has 0 radical (unpaired) electrons. The van der Waals surface area contributed by atoms with E-state index in [0.29, 0.717) is 25.9 Å². The Hall–Kier alpha value is -2.39. The van der Waals surface area contributed by atoms with E-state index < -0.39 is 22.1 Å². The first-order chi connectivity index (χ1) is 15.3. The number of ether oxygens (including phenoxy) is 1. The number of carboxylic acids is 1. The Balaban J connectivity index is 2.28. The fourth-order valence-electron chi connectivity index (χ4n) is 4.07. The lowest BCUT2D eigenvalue weighted by Crippen LogP contribution is -2.38. The number of furan rings is 1. The number of hydrogen-bond acceptors (Lipinski definition) is 4. The van der Waals surface area contributed by atoms with Crippen molar-refractivity contribution in [2.24, 2.45) is 0 Å². The first-order valence-electron chi connectivity index (χ1n) is 11.7. The Morgan fingerprint density at radius 1 is 0.818 bits per heavy atom. The molecule has 0 fully saturated rings. The molecule has 0 atom stereocenters. The summed E-state index contributed by atoms with van der Waals surface area (Å²) in [6.45, 7) is 16.0.